The molecule has 0 spiro atoms. The molecule has 0 N–H and O–H groups in total. The van der Waals surface area contributed by atoms with Gasteiger partial charge in [-0.05, 0) is 42.4 Å². The molecule has 0 fully saturated rings. The number of nitrogens with zero attached hydrogens (tertiary/aromatic N) is 1. The molecule has 1 aromatic heterocycles. The number of pyridine rings is 1. The summed E-state index contributed by atoms with van der Waals surface area (Å²) in [7, 11) is 0. The SMILES string of the molecule is CC1(C)CC(=O)c2ccc(CCc3ccccc3)nc2C1.Cl. The number of aryl methyl sites for hydroxylation is 2. The first-order valence-corrected chi connectivity index (χ1v) is 7.59. The molecule has 0 atom stereocenters. The number of carbonyl (C=O) groups is 1. The fourth-order valence-corrected chi connectivity index (χ4v) is 3.04. The third kappa shape index (κ3) is 3.75. The summed E-state index contributed by atoms with van der Waals surface area (Å²) < 4.78 is 0. The molecule has 1 aromatic carbocycles. The number of rotatable bonds is 3. The van der Waals surface area contributed by atoms with E-state index in [1.54, 1.807) is 0 Å². The van der Waals surface area contributed by atoms with Crippen molar-refractivity contribution >= 4 is 18.2 Å². The van der Waals surface area contributed by atoms with Crippen LogP contribution < -0.4 is 0 Å². The summed E-state index contributed by atoms with van der Waals surface area (Å²) >= 11 is 0. The predicted molar refractivity (Wildman–Crippen MR) is 91.8 cm³/mol. The number of carbonyl (C=O) groups excluding carboxylic acids is 1. The molecule has 0 saturated carbocycles. The maximum absolute atomic E-state index is 12.2. The summed E-state index contributed by atoms with van der Waals surface area (Å²) in [6, 6.07) is 14.4. The van der Waals surface area contributed by atoms with Gasteiger partial charge in [0.2, 0.25) is 0 Å². The van der Waals surface area contributed by atoms with E-state index >= 15 is 0 Å². The third-order valence-electron chi connectivity index (χ3n) is 4.13. The Balaban J connectivity index is 0.00000176. The van der Waals surface area contributed by atoms with Crippen molar-refractivity contribution in [3.05, 3.63) is 65.0 Å². The van der Waals surface area contributed by atoms with Crippen molar-refractivity contribution in [3.63, 3.8) is 0 Å². The zero-order chi connectivity index (χ0) is 14.9. The molecule has 0 bridgehead atoms. The highest BCUT2D eigenvalue weighted by atomic mass is 35.5. The van der Waals surface area contributed by atoms with Crippen molar-refractivity contribution < 1.29 is 4.79 Å². The summed E-state index contributed by atoms with van der Waals surface area (Å²) in [5.41, 5.74) is 4.27. The Morgan fingerprint density at radius 3 is 2.45 bits per heavy atom. The number of fused-ring (bicyclic) bond motifs is 1. The third-order valence-corrected chi connectivity index (χ3v) is 4.13. The zero-order valence-electron chi connectivity index (χ0n) is 13.1. The molecule has 3 heteroatoms. The van der Waals surface area contributed by atoms with Gasteiger partial charge in [-0.25, -0.2) is 0 Å². The Morgan fingerprint density at radius 1 is 1.00 bits per heavy atom. The lowest BCUT2D eigenvalue weighted by molar-refractivity contribution is 0.0910. The molecule has 1 heterocycles. The topological polar surface area (TPSA) is 30.0 Å². The van der Waals surface area contributed by atoms with Crippen molar-refractivity contribution in [2.75, 3.05) is 0 Å². The molecule has 22 heavy (non-hydrogen) atoms. The van der Waals surface area contributed by atoms with Crippen LogP contribution in [0.15, 0.2) is 42.5 Å². The van der Waals surface area contributed by atoms with E-state index < -0.39 is 0 Å². The Bertz CT molecular complexity index is 664. The van der Waals surface area contributed by atoms with Gasteiger partial charge in [-0.15, -0.1) is 12.4 Å². The van der Waals surface area contributed by atoms with E-state index in [-0.39, 0.29) is 23.6 Å². The lowest BCUT2D eigenvalue weighted by Crippen LogP contribution is -2.28. The molecule has 1 aliphatic carbocycles. The molecule has 0 unspecified atom stereocenters. The van der Waals surface area contributed by atoms with E-state index in [0.29, 0.717) is 6.42 Å². The van der Waals surface area contributed by atoms with Gasteiger partial charge in [-0.3, -0.25) is 9.78 Å². The van der Waals surface area contributed by atoms with Gasteiger partial charge < -0.3 is 0 Å². The molecule has 0 radical (unpaired) electrons. The Labute approximate surface area is 138 Å². The molecule has 2 nitrogen and oxygen atoms in total. The van der Waals surface area contributed by atoms with E-state index in [0.717, 1.165) is 36.2 Å². The molecule has 3 rings (SSSR count). The largest absolute Gasteiger partial charge is 0.294 e. The lowest BCUT2D eigenvalue weighted by atomic mass is 9.75. The van der Waals surface area contributed by atoms with Crippen LogP contribution in [0, 0.1) is 5.41 Å². The number of benzene rings is 1. The number of aromatic nitrogens is 1. The number of halogens is 1. The van der Waals surface area contributed by atoms with Gasteiger partial charge in [0, 0.05) is 17.7 Å². The van der Waals surface area contributed by atoms with Gasteiger partial charge >= 0.3 is 0 Å². The minimum absolute atomic E-state index is 0. The summed E-state index contributed by atoms with van der Waals surface area (Å²) in [5.74, 6) is 0.239. The summed E-state index contributed by atoms with van der Waals surface area (Å²) in [4.78, 5) is 16.9. The Kier molecular flexibility index (Phi) is 5.02. The zero-order valence-corrected chi connectivity index (χ0v) is 14.0. The van der Waals surface area contributed by atoms with Crippen molar-refractivity contribution in [1.82, 2.24) is 4.98 Å². The van der Waals surface area contributed by atoms with Gasteiger partial charge in [0.25, 0.3) is 0 Å². The van der Waals surface area contributed by atoms with E-state index in [2.05, 4.69) is 38.1 Å². The maximum atomic E-state index is 12.2. The van der Waals surface area contributed by atoms with Crippen molar-refractivity contribution in [3.8, 4) is 0 Å². The normalized spacial score (nSPS) is 15.8. The highest BCUT2D eigenvalue weighted by Crippen LogP contribution is 2.33. The highest BCUT2D eigenvalue weighted by molar-refractivity contribution is 5.98. The van der Waals surface area contributed by atoms with Crippen molar-refractivity contribution in [2.24, 2.45) is 5.41 Å². The van der Waals surface area contributed by atoms with E-state index in [1.807, 2.05) is 18.2 Å². The summed E-state index contributed by atoms with van der Waals surface area (Å²) in [5, 5.41) is 0. The monoisotopic (exact) mass is 315 g/mol. The minimum atomic E-state index is 0. The predicted octanol–water partition coefficient (Wildman–Crippen LogP) is 4.44. The molecule has 0 aliphatic heterocycles. The highest BCUT2D eigenvalue weighted by Gasteiger charge is 2.31. The standard InChI is InChI=1S/C19H21NO.ClH/c1-19(2)12-17-16(18(21)13-19)11-10-15(20-17)9-8-14-6-4-3-5-7-14;/h3-7,10-11H,8-9,12-13H2,1-2H3;1H. The number of hydrogen-bond donors (Lipinski definition) is 0. The van der Waals surface area contributed by atoms with Crippen molar-refractivity contribution in [2.45, 2.75) is 39.5 Å². The minimum Gasteiger partial charge on any atom is -0.294 e. The van der Waals surface area contributed by atoms with E-state index in [1.165, 1.54) is 5.56 Å². The summed E-state index contributed by atoms with van der Waals surface area (Å²) in [6.07, 6.45) is 3.44. The van der Waals surface area contributed by atoms with E-state index in [9.17, 15) is 4.79 Å². The van der Waals surface area contributed by atoms with Crippen LogP contribution in [0.25, 0.3) is 0 Å². The Morgan fingerprint density at radius 2 is 1.73 bits per heavy atom. The second-order valence-corrected chi connectivity index (χ2v) is 6.72. The molecule has 2 aromatic rings. The van der Waals surface area contributed by atoms with Crippen LogP contribution in [-0.4, -0.2) is 10.8 Å². The number of hydrogen-bond acceptors (Lipinski definition) is 2. The molecular weight excluding hydrogens is 294 g/mol. The quantitative estimate of drug-likeness (QED) is 0.838. The van der Waals surface area contributed by atoms with Crippen LogP contribution in [-0.2, 0) is 19.3 Å². The number of Topliss-reactive ketones (excluding diaryl/α,β-unsaturated/α-hetero) is 1. The first-order chi connectivity index (χ1) is 10.0. The fourth-order valence-electron chi connectivity index (χ4n) is 3.04. The fraction of sp³-hybridized carbons (Fsp3) is 0.368. The van der Waals surface area contributed by atoms with Crippen LogP contribution in [0.3, 0.4) is 0 Å². The Hall–Kier alpha value is -1.67. The van der Waals surface area contributed by atoms with Gasteiger partial charge in [0.15, 0.2) is 5.78 Å². The molecule has 116 valence electrons. The molecular formula is C19H22ClNO. The van der Waals surface area contributed by atoms with Crippen LogP contribution in [0.4, 0.5) is 0 Å². The van der Waals surface area contributed by atoms with Crippen LogP contribution in [0.1, 0.15) is 47.6 Å². The second-order valence-electron chi connectivity index (χ2n) is 6.72. The average Bonchev–Trinajstić information content (AvgIpc) is 2.44. The first kappa shape index (κ1) is 16.7. The first-order valence-electron chi connectivity index (χ1n) is 7.59. The average molecular weight is 316 g/mol. The van der Waals surface area contributed by atoms with Gasteiger partial charge in [0.05, 0.1) is 5.69 Å². The van der Waals surface area contributed by atoms with E-state index in [4.69, 9.17) is 4.98 Å². The smallest absolute Gasteiger partial charge is 0.165 e. The summed E-state index contributed by atoms with van der Waals surface area (Å²) in [6.45, 7) is 4.29. The number of ketones is 1. The van der Waals surface area contributed by atoms with Gasteiger partial charge in [-0.2, -0.15) is 0 Å². The lowest BCUT2D eigenvalue weighted by Gasteiger charge is -2.29. The van der Waals surface area contributed by atoms with Crippen molar-refractivity contribution in [1.29, 1.82) is 0 Å². The second kappa shape index (κ2) is 6.62. The maximum Gasteiger partial charge on any atom is 0.165 e. The molecule has 1 aliphatic rings. The van der Waals surface area contributed by atoms with Crippen LogP contribution in [0.2, 0.25) is 0 Å². The molecule has 0 saturated heterocycles. The van der Waals surface area contributed by atoms with Crippen LogP contribution in [0.5, 0.6) is 0 Å². The molecule has 0 amide bonds. The van der Waals surface area contributed by atoms with Gasteiger partial charge in [-0.1, -0.05) is 44.2 Å². The van der Waals surface area contributed by atoms with Gasteiger partial charge in [0.1, 0.15) is 0 Å². The van der Waals surface area contributed by atoms with Crippen LogP contribution >= 0.6 is 12.4 Å².